The van der Waals surface area contributed by atoms with Gasteiger partial charge < -0.3 is 4.74 Å². The fraction of sp³-hybridized carbons (Fsp3) is 0.333. The van der Waals surface area contributed by atoms with Gasteiger partial charge in [0.1, 0.15) is 3.70 Å². The summed E-state index contributed by atoms with van der Waals surface area (Å²) in [5, 5.41) is 0. The summed E-state index contributed by atoms with van der Waals surface area (Å²) in [6, 6.07) is 0. The molecule has 1 amide bonds. The molecule has 0 radical (unpaired) electrons. The van der Waals surface area contributed by atoms with Crippen molar-refractivity contribution in [3.05, 3.63) is 28.2 Å². The van der Waals surface area contributed by atoms with Crippen LogP contribution < -0.4 is 4.90 Å². The normalized spacial score (nSPS) is 18.5. The Bertz CT molecular complexity index is 547. The quantitative estimate of drug-likeness (QED) is 0.455. The van der Waals surface area contributed by atoms with E-state index in [4.69, 9.17) is 0 Å². The number of anilines is 1. The van der Waals surface area contributed by atoms with Crippen LogP contribution in [0.15, 0.2) is 18.9 Å². The van der Waals surface area contributed by atoms with Crippen LogP contribution in [-0.4, -0.2) is 35.5 Å². The SMILES string of the molecule is C=CC1CC(=O)N(c2ncc(I)nc2C(=O)OC)C1. The van der Waals surface area contributed by atoms with E-state index in [0.29, 0.717) is 16.7 Å². The highest BCUT2D eigenvalue weighted by Gasteiger charge is 2.33. The van der Waals surface area contributed by atoms with Crippen LogP contribution in [0.4, 0.5) is 5.82 Å². The second kappa shape index (κ2) is 5.64. The van der Waals surface area contributed by atoms with Gasteiger partial charge in [-0.05, 0) is 22.6 Å². The molecule has 19 heavy (non-hydrogen) atoms. The molecule has 1 aliphatic heterocycles. The first-order valence-corrected chi connectivity index (χ1v) is 6.68. The standard InChI is InChI=1S/C12H12IN3O3/c1-3-7-4-9(17)16(6-7)11-10(12(18)19-2)15-8(13)5-14-11/h3,5,7H,1,4,6H2,2H3. The zero-order chi connectivity index (χ0) is 14.0. The molecule has 0 aromatic carbocycles. The fourth-order valence-electron chi connectivity index (χ4n) is 1.89. The molecule has 1 unspecified atom stereocenters. The van der Waals surface area contributed by atoms with Gasteiger partial charge in [0.25, 0.3) is 0 Å². The number of methoxy groups -OCH3 is 1. The number of carbonyl (C=O) groups excluding carboxylic acids is 2. The molecule has 1 saturated heterocycles. The highest BCUT2D eigenvalue weighted by molar-refractivity contribution is 14.1. The molecule has 0 spiro atoms. The molecule has 2 rings (SSSR count). The van der Waals surface area contributed by atoms with Crippen molar-refractivity contribution < 1.29 is 14.3 Å². The lowest BCUT2D eigenvalue weighted by Gasteiger charge is -2.17. The summed E-state index contributed by atoms with van der Waals surface area (Å²) in [6.07, 6.45) is 3.62. The maximum absolute atomic E-state index is 11.9. The van der Waals surface area contributed by atoms with E-state index in [1.54, 1.807) is 6.08 Å². The Morgan fingerprint density at radius 3 is 3.00 bits per heavy atom. The summed E-state index contributed by atoms with van der Waals surface area (Å²) >= 11 is 1.95. The summed E-state index contributed by atoms with van der Waals surface area (Å²) in [7, 11) is 1.27. The van der Waals surface area contributed by atoms with E-state index in [9.17, 15) is 9.59 Å². The van der Waals surface area contributed by atoms with E-state index in [1.807, 2.05) is 22.6 Å². The molecular weight excluding hydrogens is 361 g/mol. The van der Waals surface area contributed by atoms with Crippen LogP contribution in [0.2, 0.25) is 0 Å². The summed E-state index contributed by atoms with van der Waals surface area (Å²) in [4.78, 5) is 33.4. The number of nitrogens with zero attached hydrogens (tertiary/aromatic N) is 3. The Labute approximate surface area is 124 Å². The number of hydrogen-bond donors (Lipinski definition) is 0. The smallest absolute Gasteiger partial charge is 0.360 e. The minimum absolute atomic E-state index is 0.0625. The molecule has 1 aliphatic rings. The van der Waals surface area contributed by atoms with Crippen LogP contribution in [0.25, 0.3) is 0 Å². The second-order valence-electron chi connectivity index (χ2n) is 4.06. The lowest BCUT2D eigenvalue weighted by atomic mass is 10.1. The van der Waals surface area contributed by atoms with Gasteiger partial charge in [-0.25, -0.2) is 14.8 Å². The van der Waals surface area contributed by atoms with Crippen LogP contribution in [-0.2, 0) is 9.53 Å². The third kappa shape index (κ3) is 2.75. The third-order valence-corrected chi connectivity index (χ3v) is 3.37. The Morgan fingerprint density at radius 2 is 2.42 bits per heavy atom. The fourth-order valence-corrected chi connectivity index (χ4v) is 2.27. The molecule has 0 aliphatic carbocycles. The number of aromatic nitrogens is 2. The molecule has 100 valence electrons. The van der Waals surface area contributed by atoms with E-state index in [1.165, 1.54) is 18.2 Å². The van der Waals surface area contributed by atoms with Crippen LogP contribution in [0, 0.1) is 9.62 Å². The minimum atomic E-state index is -0.601. The van der Waals surface area contributed by atoms with Crippen molar-refractivity contribution in [3.63, 3.8) is 0 Å². The number of hydrogen-bond acceptors (Lipinski definition) is 5. The van der Waals surface area contributed by atoms with Gasteiger partial charge in [0, 0.05) is 18.9 Å². The molecule has 1 fully saturated rings. The number of rotatable bonds is 3. The number of carbonyl (C=O) groups is 2. The first-order chi connectivity index (χ1) is 9.06. The molecule has 2 heterocycles. The Kier molecular flexibility index (Phi) is 4.13. The molecule has 0 N–H and O–H groups in total. The zero-order valence-corrected chi connectivity index (χ0v) is 12.5. The average Bonchev–Trinajstić information content (AvgIpc) is 2.79. The monoisotopic (exact) mass is 373 g/mol. The Morgan fingerprint density at radius 1 is 1.68 bits per heavy atom. The van der Waals surface area contributed by atoms with Crippen molar-refractivity contribution in [1.82, 2.24) is 9.97 Å². The molecule has 1 aromatic heterocycles. The summed E-state index contributed by atoms with van der Waals surface area (Å²) in [6.45, 7) is 4.15. The van der Waals surface area contributed by atoms with Gasteiger partial charge in [0.2, 0.25) is 5.91 Å². The predicted molar refractivity (Wildman–Crippen MR) is 76.7 cm³/mol. The average molecular weight is 373 g/mol. The molecule has 1 atom stereocenters. The van der Waals surface area contributed by atoms with Crippen LogP contribution in [0.5, 0.6) is 0 Å². The molecule has 1 aromatic rings. The lowest BCUT2D eigenvalue weighted by Crippen LogP contribution is -2.28. The minimum Gasteiger partial charge on any atom is -0.464 e. The van der Waals surface area contributed by atoms with Crippen molar-refractivity contribution in [2.45, 2.75) is 6.42 Å². The van der Waals surface area contributed by atoms with Gasteiger partial charge in [-0.1, -0.05) is 6.08 Å². The van der Waals surface area contributed by atoms with Crippen molar-refractivity contribution >= 4 is 40.3 Å². The number of esters is 1. The van der Waals surface area contributed by atoms with Gasteiger partial charge in [-0.3, -0.25) is 9.69 Å². The van der Waals surface area contributed by atoms with Gasteiger partial charge in [-0.15, -0.1) is 6.58 Å². The molecule has 6 nitrogen and oxygen atoms in total. The van der Waals surface area contributed by atoms with Crippen molar-refractivity contribution in [1.29, 1.82) is 0 Å². The van der Waals surface area contributed by atoms with E-state index >= 15 is 0 Å². The highest BCUT2D eigenvalue weighted by Crippen LogP contribution is 2.26. The van der Waals surface area contributed by atoms with Gasteiger partial charge >= 0.3 is 5.97 Å². The van der Waals surface area contributed by atoms with Crippen LogP contribution >= 0.6 is 22.6 Å². The molecule has 0 saturated carbocycles. The third-order valence-electron chi connectivity index (χ3n) is 2.85. The van der Waals surface area contributed by atoms with Gasteiger partial charge in [-0.2, -0.15) is 0 Å². The Balaban J connectivity index is 2.42. The molecular formula is C12H12IN3O3. The van der Waals surface area contributed by atoms with Crippen LogP contribution in [0.3, 0.4) is 0 Å². The van der Waals surface area contributed by atoms with Crippen LogP contribution in [0.1, 0.15) is 16.9 Å². The predicted octanol–water partition coefficient (Wildman–Crippen LogP) is 1.41. The number of halogens is 1. The largest absolute Gasteiger partial charge is 0.464 e. The first-order valence-electron chi connectivity index (χ1n) is 5.60. The van der Waals surface area contributed by atoms with E-state index in [0.717, 1.165) is 0 Å². The number of amides is 1. The maximum Gasteiger partial charge on any atom is 0.360 e. The first kappa shape index (κ1) is 13.9. The highest BCUT2D eigenvalue weighted by atomic mass is 127. The maximum atomic E-state index is 11.9. The Hall–Kier alpha value is -1.51. The lowest BCUT2D eigenvalue weighted by molar-refractivity contribution is -0.117. The molecule has 7 heteroatoms. The second-order valence-corrected chi connectivity index (χ2v) is 5.17. The van der Waals surface area contributed by atoms with E-state index in [2.05, 4.69) is 21.3 Å². The summed E-state index contributed by atoms with van der Waals surface area (Å²) < 4.78 is 5.24. The van der Waals surface area contributed by atoms with Crippen molar-refractivity contribution in [2.24, 2.45) is 5.92 Å². The summed E-state index contributed by atoms with van der Waals surface area (Å²) in [5.41, 5.74) is 0.0625. The molecule has 0 bridgehead atoms. The topological polar surface area (TPSA) is 72.4 Å². The van der Waals surface area contributed by atoms with Gasteiger partial charge in [0.15, 0.2) is 11.5 Å². The van der Waals surface area contributed by atoms with Crippen molar-refractivity contribution in [2.75, 3.05) is 18.6 Å². The van der Waals surface area contributed by atoms with Gasteiger partial charge in [0.05, 0.1) is 13.3 Å². The van der Waals surface area contributed by atoms with E-state index in [-0.39, 0.29) is 23.3 Å². The number of ether oxygens (including phenoxy) is 1. The zero-order valence-electron chi connectivity index (χ0n) is 10.3. The van der Waals surface area contributed by atoms with E-state index < -0.39 is 5.97 Å². The van der Waals surface area contributed by atoms with Crippen molar-refractivity contribution in [3.8, 4) is 0 Å². The summed E-state index contributed by atoms with van der Waals surface area (Å²) in [5.74, 6) is -0.373.